The largest absolute Gasteiger partial charge is 0.458 e. The van der Waals surface area contributed by atoms with Crippen LogP contribution in [0, 0.1) is 35.5 Å². The molecule has 2 saturated carbocycles. The van der Waals surface area contributed by atoms with Gasteiger partial charge in [0.25, 0.3) is 0 Å². The van der Waals surface area contributed by atoms with Crippen LogP contribution in [-0.2, 0) is 19.1 Å². The van der Waals surface area contributed by atoms with Crippen molar-refractivity contribution in [2.24, 2.45) is 35.5 Å². The van der Waals surface area contributed by atoms with Crippen LogP contribution in [-0.4, -0.2) is 24.1 Å². The maximum atomic E-state index is 13.5. The van der Waals surface area contributed by atoms with Gasteiger partial charge in [0.2, 0.25) is 0 Å². The highest BCUT2D eigenvalue weighted by atomic mass is 16.6. The molecule has 2 aliphatic rings. The van der Waals surface area contributed by atoms with Crippen LogP contribution < -0.4 is 0 Å². The standard InChI is InChI=1S/C30H44O4/c1-19(2)24-14-12-21(5)16-27(24)33-29(31)26(18-23-10-8-7-9-11-23)30(32)34-28-17-22(6)13-15-25(28)20(3)4/h7-11,18-22,24-25,27-28H,12-17H2,1-6H3. The first-order valence-electron chi connectivity index (χ1n) is 13.3. The number of hydrogen-bond acceptors (Lipinski definition) is 4. The van der Waals surface area contributed by atoms with Crippen molar-refractivity contribution in [1.82, 2.24) is 0 Å². The highest BCUT2D eigenvalue weighted by molar-refractivity contribution is 6.17. The zero-order valence-corrected chi connectivity index (χ0v) is 22.0. The monoisotopic (exact) mass is 468 g/mol. The van der Waals surface area contributed by atoms with E-state index in [2.05, 4.69) is 41.5 Å². The van der Waals surface area contributed by atoms with Gasteiger partial charge >= 0.3 is 11.9 Å². The molecule has 4 nitrogen and oxygen atoms in total. The summed E-state index contributed by atoms with van der Waals surface area (Å²) >= 11 is 0. The average molecular weight is 469 g/mol. The molecular weight excluding hydrogens is 424 g/mol. The summed E-state index contributed by atoms with van der Waals surface area (Å²) < 4.78 is 12.1. The van der Waals surface area contributed by atoms with E-state index < -0.39 is 11.9 Å². The van der Waals surface area contributed by atoms with Gasteiger partial charge in [0.05, 0.1) is 0 Å². The first-order valence-corrected chi connectivity index (χ1v) is 13.3. The Morgan fingerprint density at radius 1 is 0.765 bits per heavy atom. The second kappa shape index (κ2) is 12.0. The predicted octanol–water partition coefficient (Wildman–Crippen LogP) is 7.08. The van der Waals surface area contributed by atoms with Crippen molar-refractivity contribution in [3.8, 4) is 0 Å². The lowest BCUT2D eigenvalue weighted by Crippen LogP contribution is -2.39. The van der Waals surface area contributed by atoms with Crippen LogP contribution in [0.25, 0.3) is 6.08 Å². The summed E-state index contributed by atoms with van der Waals surface area (Å²) in [4.78, 5) is 26.9. The molecular formula is C30H44O4. The van der Waals surface area contributed by atoms with Gasteiger partial charge in [0.15, 0.2) is 0 Å². The van der Waals surface area contributed by atoms with Crippen molar-refractivity contribution in [2.45, 2.75) is 92.3 Å². The van der Waals surface area contributed by atoms with Crippen LogP contribution >= 0.6 is 0 Å². The highest BCUT2D eigenvalue weighted by Gasteiger charge is 2.37. The van der Waals surface area contributed by atoms with Crippen LogP contribution in [0.3, 0.4) is 0 Å². The maximum Gasteiger partial charge on any atom is 0.345 e. The molecule has 1 aromatic carbocycles. The number of rotatable bonds is 7. The van der Waals surface area contributed by atoms with Gasteiger partial charge in [0, 0.05) is 0 Å². The summed E-state index contributed by atoms with van der Waals surface area (Å²) in [5.74, 6) is 1.40. The van der Waals surface area contributed by atoms with E-state index in [1.54, 1.807) is 6.08 Å². The molecule has 0 bridgehead atoms. The molecule has 0 heterocycles. The Morgan fingerprint density at radius 2 is 1.21 bits per heavy atom. The summed E-state index contributed by atoms with van der Waals surface area (Å²) in [5, 5.41) is 0. The molecule has 0 amide bonds. The SMILES string of the molecule is CC1CCC(C(C)C)C(OC(=O)C(=Cc2ccccc2)C(=O)OC2CC(C)CCC2C(C)C)C1. The summed E-state index contributed by atoms with van der Waals surface area (Å²) in [6.07, 6.45) is 7.41. The van der Waals surface area contributed by atoms with Crippen LogP contribution in [0.1, 0.15) is 85.6 Å². The first kappa shape index (κ1) is 26.5. The lowest BCUT2D eigenvalue weighted by atomic mass is 9.75. The van der Waals surface area contributed by atoms with E-state index in [-0.39, 0.29) is 17.8 Å². The number of hydrogen-bond donors (Lipinski definition) is 0. The fraction of sp³-hybridized carbons (Fsp3) is 0.667. The number of benzene rings is 1. The third-order valence-electron chi connectivity index (χ3n) is 7.99. The molecule has 6 unspecified atom stereocenters. The maximum absolute atomic E-state index is 13.5. The molecule has 0 N–H and O–H groups in total. The Morgan fingerprint density at radius 3 is 1.62 bits per heavy atom. The minimum absolute atomic E-state index is 0.00710. The summed E-state index contributed by atoms with van der Waals surface area (Å²) in [6, 6.07) is 9.49. The van der Waals surface area contributed by atoms with E-state index in [1.165, 1.54) is 0 Å². The van der Waals surface area contributed by atoms with E-state index in [1.807, 2.05) is 30.3 Å². The fourth-order valence-electron chi connectivity index (χ4n) is 5.82. The Kier molecular flexibility index (Phi) is 9.39. The second-order valence-corrected chi connectivity index (χ2v) is 11.5. The predicted molar refractivity (Wildman–Crippen MR) is 137 cm³/mol. The average Bonchev–Trinajstić information content (AvgIpc) is 2.77. The number of ether oxygens (including phenoxy) is 2. The molecule has 1 aromatic rings. The molecule has 188 valence electrons. The molecule has 0 aromatic heterocycles. The van der Waals surface area contributed by atoms with Crippen LogP contribution in [0.15, 0.2) is 35.9 Å². The first-order chi connectivity index (χ1) is 16.2. The molecule has 3 rings (SSSR count). The minimum atomic E-state index is -0.552. The van der Waals surface area contributed by atoms with Crippen molar-refractivity contribution < 1.29 is 19.1 Å². The van der Waals surface area contributed by atoms with E-state index in [4.69, 9.17) is 9.47 Å². The van der Waals surface area contributed by atoms with Crippen LogP contribution in [0.5, 0.6) is 0 Å². The molecule has 0 aliphatic heterocycles. The van der Waals surface area contributed by atoms with Gasteiger partial charge in [-0.15, -0.1) is 0 Å². The third kappa shape index (κ3) is 6.96. The highest BCUT2D eigenvalue weighted by Crippen LogP contribution is 2.37. The van der Waals surface area contributed by atoms with E-state index in [9.17, 15) is 9.59 Å². The van der Waals surface area contributed by atoms with Crippen LogP contribution in [0.4, 0.5) is 0 Å². The molecule has 0 radical (unpaired) electrons. The Labute approximate surface area is 206 Å². The van der Waals surface area contributed by atoms with Crippen molar-refractivity contribution in [1.29, 1.82) is 0 Å². The van der Waals surface area contributed by atoms with Crippen molar-refractivity contribution in [3.05, 3.63) is 41.5 Å². The lowest BCUT2D eigenvalue weighted by Gasteiger charge is -2.37. The smallest absolute Gasteiger partial charge is 0.345 e. The van der Waals surface area contributed by atoms with E-state index in [0.717, 1.165) is 44.1 Å². The Bertz CT molecular complexity index is 793. The van der Waals surface area contributed by atoms with E-state index >= 15 is 0 Å². The zero-order chi connectivity index (χ0) is 24.8. The molecule has 34 heavy (non-hydrogen) atoms. The Balaban J connectivity index is 1.84. The van der Waals surface area contributed by atoms with Crippen molar-refractivity contribution in [3.63, 3.8) is 0 Å². The summed E-state index contributed by atoms with van der Waals surface area (Å²) in [7, 11) is 0. The van der Waals surface area contributed by atoms with Gasteiger partial charge in [-0.3, -0.25) is 0 Å². The normalized spacial score (nSPS) is 29.5. The second-order valence-electron chi connectivity index (χ2n) is 11.5. The van der Waals surface area contributed by atoms with Gasteiger partial charge < -0.3 is 9.47 Å². The molecule has 0 spiro atoms. The van der Waals surface area contributed by atoms with Crippen LogP contribution in [0.2, 0.25) is 0 Å². The Hall–Kier alpha value is -2.10. The van der Waals surface area contributed by atoms with Gasteiger partial charge in [-0.1, -0.05) is 84.7 Å². The van der Waals surface area contributed by atoms with Gasteiger partial charge in [-0.05, 0) is 72.8 Å². The minimum Gasteiger partial charge on any atom is -0.458 e. The van der Waals surface area contributed by atoms with Crippen molar-refractivity contribution in [2.75, 3.05) is 0 Å². The molecule has 6 atom stereocenters. The van der Waals surface area contributed by atoms with Gasteiger partial charge in [0.1, 0.15) is 17.8 Å². The number of carbonyl (C=O) groups excluding carboxylic acids is 2. The summed E-state index contributed by atoms with van der Waals surface area (Å²) in [6.45, 7) is 13.2. The quantitative estimate of drug-likeness (QED) is 0.186. The third-order valence-corrected chi connectivity index (χ3v) is 7.99. The lowest BCUT2D eigenvalue weighted by molar-refractivity contribution is -0.159. The summed E-state index contributed by atoms with van der Waals surface area (Å²) in [5.41, 5.74) is 0.800. The molecule has 0 saturated heterocycles. The van der Waals surface area contributed by atoms with Gasteiger partial charge in [-0.25, -0.2) is 9.59 Å². The van der Waals surface area contributed by atoms with E-state index in [0.29, 0.717) is 35.5 Å². The fourth-order valence-corrected chi connectivity index (χ4v) is 5.82. The molecule has 2 aliphatic carbocycles. The topological polar surface area (TPSA) is 52.6 Å². The number of esters is 2. The van der Waals surface area contributed by atoms with Gasteiger partial charge in [-0.2, -0.15) is 0 Å². The molecule has 2 fully saturated rings. The zero-order valence-electron chi connectivity index (χ0n) is 22.0. The molecule has 4 heteroatoms. The number of carbonyl (C=O) groups is 2. The van der Waals surface area contributed by atoms with Crippen molar-refractivity contribution >= 4 is 18.0 Å².